The molecule has 1 aliphatic heterocycles. The summed E-state index contributed by atoms with van der Waals surface area (Å²) in [6.45, 7) is 3.84. The van der Waals surface area contributed by atoms with Gasteiger partial charge in [0.25, 0.3) is 5.56 Å². The number of alkyl halides is 2. The van der Waals surface area contributed by atoms with Crippen LogP contribution in [0.1, 0.15) is 11.1 Å². The molecule has 0 saturated heterocycles. The van der Waals surface area contributed by atoms with Crippen LogP contribution in [0.2, 0.25) is 5.02 Å². The Kier molecular flexibility index (Phi) is 5.84. The molecule has 0 radical (unpaired) electrons. The molecule has 0 saturated carbocycles. The van der Waals surface area contributed by atoms with Crippen molar-refractivity contribution >= 4 is 17.4 Å². The van der Waals surface area contributed by atoms with Gasteiger partial charge in [-0.25, -0.2) is 8.78 Å². The minimum Gasteiger partial charge on any atom is -0.451 e. The molecule has 1 aromatic heterocycles. The van der Waals surface area contributed by atoms with Gasteiger partial charge in [-0.15, -0.1) is 0 Å². The third-order valence-electron chi connectivity index (χ3n) is 4.21. The number of hydrogen-bond donors (Lipinski definition) is 1. The number of benzene rings is 1. The van der Waals surface area contributed by atoms with Gasteiger partial charge in [0.1, 0.15) is 11.6 Å². The molecule has 0 atom stereocenters. The first-order valence-electron chi connectivity index (χ1n) is 8.42. The van der Waals surface area contributed by atoms with Gasteiger partial charge in [-0.1, -0.05) is 18.2 Å². The van der Waals surface area contributed by atoms with Gasteiger partial charge in [-0.05, 0) is 24.3 Å². The second-order valence-corrected chi connectivity index (χ2v) is 6.67. The highest BCUT2D eigenvalue weighted by Gasteiger charge is 2.21. The van der Waals surface area contributed by atoms with Crippen molar-refractivity contribution in [3.8, 4) is 17.6 Å². The Bertz CT molecular complexity index is 1090. The molecule has 0 unspecified atom stereocenters. The highest BCUT2D eigenvalue weighted by molar-refractivity contribution is 6.30. The standard InChI is InChI=1S/C19H16ClF2N5O2/c1-11-24-25-17(26(11)2)10-27-4-3-13(7-16(21)22)18(19(27)28)29-15-6-12(9-23)5-14(20)8-15/h3-6,8,16,24H,1,7,10H2,2H3. The van der Waals surface area contributed by atoms with E-state index in [2.05, 4.69) is 17.1 Å². The van der Waals surface area contributed by atoms with Gasteiger partial charge in [0.2, 0.25) is 6.43 Å². The van der Waals surface area contributed by atoms with E-state index in [4.69, 9.17) is 21.6 Å². The molecule has 2 heterocycles. The summed E-state index contributed by atoms with van der Waals surface area (Å²) in [7, 11) is 1.73. The summed E-state index contributed by atoms with van der Waals surface area (Å²) in [5, 5.41) is 13.4. The van der Waals surface area contributed by atoms with E-state index in [0.29, 0.717) is 11.7 Å². The van der Waals surface area contributed by atoms with Gasteiger partial charge < -0.3 is 14.2 Å². The topological polar surface area (TPSA) is 82.6 Å². The average molecular weight is 420 g/mol. The summed E-state index contributed by atoms with van der Waals surface area (Å²) < 4.78 is 32.9. The van der Waals surface area contributed by atoms with Crippen molar-refractivity contribution in [2.24, 2.45) is 5.10 Å². The van der Waals surface area contributed by atoms with E-state index in [1.807, 2.05) is 6.07 Å². The molecule has 1 aromatic carbocycles. The predicted octanol–water partition coefficient (Wildman–Crippen LogP) is 3.29. The first kappa shape index (κ1) is 20.4. The second-order valence-electron chi connectivity index (χ2n) is 6.23. The van der Waals surface area contributed by atoms with Crippen LogP contribution in [0, 0.1) is 11.3 Å². The number of amidine groups is 1. The highest BCUT2D eigenvalue weighted by Crippen LogP contribution is 2.27. The molecule has 150 valence electrons. The molecule has 0 spiro atoms. The Morgan fingerprint density at radius 1 is 1.41 bits per heavy atom. The molecule has 10 heteroatoms. The number of rotatable bonds is 6. The van der Waals surface area contributed by atoms with E-state index in [1.54, 1.807) is 11.9 Å². The van der Waals surface area contributed by atoms with Crippen LogP contribution < -0.4 is 15.7 Å². The maximum absolute atomic E-state index is 13.0. The molecule has 1 N–H and O–H groups in total. The molecular weight excluding hydrogens is 404 g/mol. The SMILES string of the molecule is C=C1NN=C(Cn2ccc(CC(F)F)c(Oc3cc(Cl)cc(C#N)c3)c2=O)N1C. The summed E-state index contributed by atoms with van der Waals surface area (Å²) in [6.07, 6.45) is -1.92. The molecular formula is C19H16ClF2N5O2. The fourth-order valence-corrected chi connectivity index (χ4v) is 2.91. The van der Waals surface area contributed by atoms with Crippen LogP contribution in [0.3, 0.4) is 0 Å². The van der Waals surface area contributed by atoms with Crippen molar-refractivity contribution in [3.63, 3.8) is 0 Å². The molecule has 0 aliphatic carbocycles. The van der Waals surface area contributed by atoms with Crippen LogP contribution in [0.5, 0.6) is 11.5 Å². The average Bonchev–Trinajstić information content (AvgIpc) is 2.98. The van der Waals surface area contributed by atoms with Crippen LogP contribution in [0.4, 0.5) is 8.78 Å². The molecule has 7 nitrogen and oxygen atoms in total. The van der Waals surface area contributed by atoms with E-state index >= 15 is 0 Å². The van der Waals surface area contributed by atoms with Gasteiger partial charge in [-0.2, -0.15) is 10.4 Å². The zero-order chi connectivity index (χ0) is 21.1. The van der Waals surface area contributed by atoms with Crippen molar-refractivity contribution in [3.05, 3.63) is 69.4 Å². The van der Waals surface area contributed by atoms with E-state index in [1.165, 1.54) is 35.0 Å². The summed E-state index contributed by atoms with van der Waals surface area (Å²) in [4.78, 5) is 14.6. The number of hydrogen-bond acceptors (Lipinski definition) is 6. The van der Waals surface area contributed by atoms with Crippen molar-refractivity contribution in [2.75, 3.05) is 7.05 Å². The number of halogens is 3. The van der Waals surface area contributed by atoms with Crippen molar-refractivity contribution < 1.29 is 13.5 Å². The number of hydrazone groups is 1. The Balaban J connectivity index is 2.01. The number of pyridine rings is 1. The number of ether oxygens (including phenoxy) is 1. The predicted molar refractivity (Wildman–Crippen MR) is 104 cm³/mol. The maximum Gasteiger partial charge on any atom is 0.294 e. The molecule has 0 fully saturated rings. The number of likely N-dealkylation sites (N-methyl/N-ethyl adjacent to an activating group) is 1. The lowest BCUT2D eigenvalue weighted by Gasteiger charge is -2.17. The van der Waals surface area contributed by atoms with Crippen LogP contribution in [-0.4, -0.2) is 28.8 Å². The Labute approximate surface area is 170 Å². The number of nitrogens with zero attached hydrogens (tertiary/aromatic N) is 4. The summed E-state index contributed by atoms with van der Waals surface area (Å²) >= 11 is 5.96. The van der Waals surface area contributed by atoms with Crippen LogP contribution in [0.15, 0.2) is 52.8 Å². The van der Waals surface area contributed by atoms with Crippen molar-refractivity contribution in [2.45, 2.75) is 19.4 Å². The maximum atomic E-state index is 13.0. The molecule has 0 amide bonds. The zero-order valence-corrected chi connectivity index (χ0v) is 16.1. The minimum atomic E-state index is -2.67. The monoisotopic (exact) mass is 419 g/mol. The lowest BCUT2D eigenvalue weighted by Crippen LogP contribution is -2.31. The Morgan fingerprint density at radius 3 is 2.79 bits per heavy atom. The smallest absolute Gasteiger partial charge is 0.294 e. The largest absolute Gasteiger partial charge is 0.451 e. The molecule has 3 rings (SSSR count). The molecule has 1 aliphatic rings. The van der Waals surface area contributed by atoms with Gasteiger partial charge >= 0.3 is 0 Å². The van der Waals surface area contributed by atoms with Crippen LogP contribution in [-0.2, 0) is 13.0 Å². The van der Waals surface area contributed by atoms with Gasteiger partial charge in [0.05, 0.1) is 18.2 Å². The third-order valence-corrected chi connectivity index (χ3v) is 4.43. The zero-order valence-electron chi connectivity index (χ0n) is 15.3. The number of nitrogens with one attached hydrogen (secondary N) is 1. The quantitative estimate of drug-likeness (QED) is 0.776. The van der Waals surface area contributed by atoms with E-state index in [0.717, 1.165) is 0 Å². The molecule has 29 heavy (non-hydrogen) atoms. The Hall–Kier alpha value is -3.38. The van der Waals surface area contributed by atoms with Crippen LogP contribution in [0.25, 0.3) is 0 Å². The Morgan fingerprint density at radius 2 is 2.17 bits per heavy atom. The lowest BCUT2D eigenvalue weighted by atomic mass is 10.1. The summed E-state index contributed by atoms with van der Waals surface area (Å²) in [5.74, 6) is 0.901. The fourth-order valence-electron chi connectivity index (χ4n) is 2.68. The number of nitriles is 1. The minimum absolute atomic E-state index is 0.0454. The first-order chi connectivity index (χ1) is 13.8. The van der Waals surface area contributed by atoms with Crippen molar-refractivity contribution in [1.82, 2.24) is 14.9 Å². The van der Waals surface area contributed by atoms with Crippen molar-refractivity contribution in [1.29, 1.82) is 5.26 Å². The number of aromatic nitrogens is 1. The van der Waals surface area contributed by atoms with Gasteiger partial charge in [0.15, 0.2) is 11.6 Å². The molecule has 0 bridgehead atoms. The molecule has 2 aromatic rings. The summed E-state index contributed by atoms with van der Waals surface area (Å²) in [6, 6.07) is 7.51. The van der Waals surface area contributed by atoms with Gasteiger partial charge in [0, 0.05) is 30.3 Å². The normalized spacial score (nSPS) is 13.3. The lowest BCUT2D eigenvalue weighted by molar-refractivity contribution is 0.148. The van der Waals surface area contributed by atoms with E-state index in [-0.39, 0.29) is 34.2 Å². The third kappa shape index (κ3) is 4.55. The van der Waals surface area contributed by atoms with E-state index in [9.17, 15) is 13.6 Å². The van der Waals surface area contributed by atoms with E-state index < -0.39 is 18.4 Å². The first-order valence-corrected chi connectivity index (χ1v) is 8.80. The fraction of sp³-hybridized carbons (Fsp3) is 0.211. The summed E-state index contributed by atoms with van der Waals surface area (Å²) in [5.41, 5.74) is 2.34. The second kappa shape index (κ2) is 8.32. The van der Waals surface area contributed by atoms with Gasteiger partial charge in [-0.3, -0.25) is 10.2 Å². The van der Waals surface area contributed by atoms with Crippen LogP contribution >= 0.6 is 11.6 Å². The highest BCUT2D eigenvalue weighted by atomic mass is 35.5.